The Morgan fingerprint density at radius 2 is 1.59 bits per heavy atom. The fourth-order valence-electron chi connectivity index (χ4n) is 3.21. The van der Waals surface area contributed by atoms with Gasteiger partial charge in [-0.3, -0.25) is 14.3 Å². The molecule has 2 N–H and O–H groups in total. The summed E-state index contributed by atoms with van der Waals surface area (Å²) in [6.07, 6.45) is 1.50. The molecule has 0 radical (unpaired) electrons. The number of ether oxygens (including phenoxy) is 2. The Morgan fingerprint density at radius 3 is 2.12 bits per heavy atom. The van der Waals surface area contributed by atoms with Crippen molar-refractivity contribution in [1.29, 1.82) is 0 Å². The van der Waals surface area contributed by atoms with Gasteiger partial charge >= 0.3 is 11.9 Å². The highest BCUT2D eigenvalue weighted by atomic mass is 32.2. The van der Waals surface area contributed by atoms with Crippen molar-refractivity contribution in [3.8, 4) is 0 Å². The summed E-state index contributed by atoms with van der Waals surface area (Å²) >= 11 is 1.17. The molecule has 1 aromatic heterocycles. The molecule has 11 heteroatoms. The molecule has 0 fully saturated rings. The maximum Gasteiger partial charge on any atom is 0.322 e. The van der Waals surface area contributed by atoms with Crippen LogP contribution in [0.5, 0.6) is 0 Å². The molecule has 3 rings (SSSR count). The van der Waals surface area contributed by atoms with E-state index >= 15 is 0 Å². The third-order valence-electron chi connectivity index (χ3n) is 4.71. The zero-order chi connectivity index (χ0) is 24.6. The first-order valence-corrected chi connectivity index (χ1v) is 12.9. The number of carbonyl (C=O) groups is 2. The number of sulfonamides is 1. The zero-order valence-electron chi connectivity index (χ0n) is 18.6. The van der Waals surface area contributed by atoms with Crippen molar-refractivity contribution in [2.45, 2.75) is 24.8 Å². The zero-order valence-corrected chi connectivity index (χ0v) is 20.3. The molecule has 0 aliphatic rings. The van der Waals surface area contributed by atoms with Gasteiger partial charge in [0.1, 0.15) is 0 Å². The smallest absolute Gasteiger partial charge is 0.322 e. The lowest BCUT2D eigenvalue weighted by Gasteiger charge is -2.26. The van der Waals surface area contributed by atoms with Crippen molar-refractivity contribution in [3.05, 3.63) is 71.7 Å². The number of benzene rings is 2. The number of anilines is 2. The predicted molar refractivity (Wildman–Crippen MR) is 129 cm³/mol. The van der Waals surface area contributed by atoms with Crippen LogP contribution in [0.15, 0.2) is 71.1 Å². The standard InChI is InChI=1S/C23H25N3O6S2/c1-3-31-21(27)19(22(28)32-4-2)20(16-8-6-5-7-9-16)25-17-10-12-18(13-11-17)34(29,30)26-23-24-14-15-33-23/h5-15,19-20,25H,3-4H2,1-2H3,(H,24,26). The van der Waals surface area contributed by atoms with Crippen LogP contribution >= 0.6 is 11.3 Å². The Bertz CT molecular complexity index is 1170. The van der Waals surface area contributed by atoms with E-state index in [0.717, 1.165) is 0 Å². The average Bonchev–Trinajstić information content (AvgIpc) is 3.32. The average molecular weight is 504 g/mol. The second kappa shape index (κ2) is 11.6. The number of hydrogen-bond donors (Lipinski definition) is 2. The first-order valence-electron chi connectivity index (χ1n) is 10.5. The molecule has 1 atom stereocenters. The predicted octanol–water partition coefficient (Wildman–Crippen LogP) is 3.84. The first kappa shape index (κ1) is 25.2. The molecule has 0 saturated carbocycles. The minimum atomic E-state index is -3.82. The molecule has 34 heavy (non-hydrogen) atoms. The van der Waals surface area contributed by atoms with Crippen LogP contribution < -0.4 is 10.0 Å². The van der Waals surface area contributed by atoms with Crippen molar-refractivity contribution in [2.24, 2.45) is 5.92 Å². The summed E-state index contributed by atoms with van der Waals surface area (Å²) in [5.74, 6) is -2.69. The number of nitrogens with one attached hydrogen (secondary N) is 2. The van der Waals surface area contributed by atoms with Crippen molar-refractivity contribution in [3.63, 3.8) is 0 Å². The van der Waals surface area contributed by atoms with Crippen molar-refractivity contribution < 1.29 is 27.5 Å². The van der Waals surface area contributed by atoms with Gasteiger partial charge in [0.05, 0.1) is 24.2 Å². The van der Waals surface area contributed by atoms with E-state index in [9.17, 15) is 18.0 Å². The molecule has 2 aromatic carbocycles. The van der Waals surface area contributed by atoms with E-state index in [2.05, 4.69) is 15.0 Å². The SMILES string of the molecule is CCOC(=O)C(C(=O)OCC)C(Nc1ccc(S(=O)(=O)Nc2nccs2)cc1)c1ccccc1. The Labute approximate surface area is 202 Å². The van der Waals surface area contributed by atoms with Gasteiger partial charge in [-0.2, -0.15) is 0 Å². The number of carbonyl (C=O) groups excluding carboxylic acids is 2. The van der Waals surface area contributed by atoms with Crippen molar-refractivity contribution in [1.82, 2.24) is 4.98 Å². The van der Waals surface area contributed by atoms with Crippen molar-refractivity contribution in [2.75, 3.05) is 23.3 Å². The van der Waals surface area contributed by atoms with Gasteiger partial charge in [-0.05, 0) is 43.7 Å². The number of hydrogen-bond acceptors (Lipinski definition) is 9. The van der Waals surface area contributed by atoms with E-state index in [1.54, 1.807) is 55.6 Å². The van der Waals surface area contributed by atoms with Gasteiger partial charge < -0.3 is 14.8 Å². The highest BCUT2D eigenvalue weighted by Crippen LogP contribution is 2.30. The lowest BCUT2D eigenvalue weighted by atomic mass is 9.92. The third-order valence-corrected chi connectivity index (χ3v) is 6.89. The molecule has 0 spiro atoms. The van der Waals surface area contributed by atoms with Gasteiger partial charge in [-0.15, -0.1) is 11.3 Å². The Hall–Kier alpha value is -3.44. The minimum absolute atomic E-state index is 0.0387. The molecule has 0 amide bonds. The summed E-state index contributed by atoms with van der Waals surface area (Å²) in [5.41, 5.74) is 1.16. The van der Waals surface area contributed by atoms with Crippen LogP contribution in [0.4, 0.5) is 10.8 Å². The molecule has 0 aliphatic carbocycles. The second-order valence-electron chi connectivity index (χ2n) is 6.98. The van der Waals surface area contributed by atoms with Crippen LogP contribution in [-0.4, -0.2) is 38.6 Å². The van der Waals surface area contributed by atoms with Crippen LogP contribution in [0.1, 0.15) is 25.5 Å². The first-order chi connectivity index (χ1) is 16.4. The molecule has 0 aliphatic heterocycles. The van der Waals surface area contributed by atoms with Gasteiger partial charge in [0.15, 0.2) is 11.0 Å². The maximum atomic E-state index is 12.7. The highest BCUT2D eigenvalue weighted by Gasteiger charge is 2.38. The fraction of sp³-hybridized carbons (Fsp3) is 0.261. The summed E-state index contributed by atoms with van der Waals surface area (Å²) in [4.78, 5) is 29.5. The summed E-state index contributed by atoms with van der Waals surface area (Å²) in [5, 5.41) is 5.10. The molecular weight excluding hydrogens is 478 g/mol. The Morgan fingerprint density at radius 1 is 0.971 bits per heavy atom. The van der Waals surface area contributed by atoms with Gasteiger partial charge in [-0.25, -0.2) is 13.4 Å². The number of esters is 2. The summed E-state index contributed by atoms with van der Waals surface area (Å²) < 4.78 is 37.9. The van der Waals surface area contributed by atoms with E-state index in [4.69, 9.17) is 9.47 Å². The number of thiazole rings is 1. The molecule has 3 aromatic rings. The Balaban J connectivity index is 1.90. The third kappa shape index (κ3) is 6.33. The number of aromatic nitrogens is 1. The number of rotatable bonds is 11. The van der Waals surface area contributed by atoms with Gasteiger partial charge in [0.2, 0.25) is 0 Å². The van der Waals surface area contributed by atoms with E-state index in [1.807, 2.05) is 6.07 Å². The largest absolute Gasteiger partial charge is 0.465 e. The molecular formula is C23H25N3O6S2. The maximum absolute atomic E-state index is 12.7. The van der Waals surface area contributed by atoms with Crippen LogP contribution in [0, 0.1) is 5.92 Å². The molecule has 180 valence electrons. The van der Waals surface area contributed by atoms with Crippen LogP contribution in [0.25, 0.3) is 0 Å². The summed E-state index contributed by atoms with van der Waals surface area (Å²) in [6, 6.07) is 14.1. The van der Waals surface area contributed by atoms with Crippen LogP contribution in [0.3, 0.4) is 0 Å². The highest BCUT2D eigenvalue weighted by molar-refractivity contribution is 7.93. The quantitative estimate of drug-likeness (QED) is 0.299. The number of nitrogens with zero attached hydrogens (tertiary/aromatic N) is 1. The lowest BCUT2D eigenvalue weighted by Crippen LogP contribution is -2.36. The molecule has 9 nitrogen and oxygen atoms in total. The van der Waals surface area contributed by atoms with Crippen molar-refractivity contribution >= 4 is 44.1 Å². The minimum Gasteiger partial charge on any atom is -0.465 e. The molecule has 1 heterocycles. The van der Waals surface area contributed by atoms with E-state index in [-0.39, 0.29) is 23.2 Å². The van der Waals surface area contributed by atoms with Gasteiger partial charge in [0, 0.05) is 17.3 Å². The molecule has 1 unspecified atom stereocenters. The summed E-state index contributed by atoms with van der Waals surface area (Å²) in [6.45, 7) is 3.53. The van der Waals surface area contributed by atoms with E-state index in [0.29, 0.717) is 11.3 Å². The second-order valence-corrected chi connectivity index (χ2v) is 9.56. The topological polar surface area (TPSA) is 124 Å². The lowest BCUT2D eigenvalue weighted by molar-refractivity contribution is -0.162. The van der Waals surface area contributed by atoms with Gasteiger partial charge in [-0.1, -0.05) is 30.3 Å². The Kier molecular flexibility index (Phi) is 8.61. The normalized spacial score (nSPS) is 12.1. The van der Waals surface area contributed by atoms with Crippen LogP contribution in [0.2, 0.25) is 0 Å². The van der Waals surface area contributed by atoms with Crippen LogP contribution in [-0.2, 0) is 29.1 Å². The molecule has 0 saturated heterocycles. The fourth-order valence-corrected chi connectivity index (χ4v) is 5.00. The molecule has 0 bridgehead atoms. The van der Waals surface area contributed by atoms with Gasteiger partial charge in [0.25, 0.3) is 10.0 Å². The monoisotopic (exact) mass is 503 g/mol. The van der Waals surface area contributed by atoms with E-state index in [1.165, 1.54) is 29.7 Å². The van der Waals surface area contributed by atoms with E-state index < -0.39 is 33.9 Å². The summed E-state index contributed by atoms with van der Waals surface area (Å²) in [7, 11) is -3.82.